The van der Waals surface area contributed by atoms with Gasteiger partial charge in [0, 0.05) is 6.42 Å². The molecule has 0 bridgehead atoms. The highest BCUT2D eigenvalue weighted by molar-refractivity contribution is 5.76. The van der Waals surface area contributed by atoms with Crippen molar-refractivity contribution in [3.63, 3.8) is 0 Å². The van der Waals surface area contributed by atoms with Crippen LogP contribution in [0.25, 0.3) is 0 Å². The molecule has 14 heteroatoms. The zero-order valence-corrected chi connectivity index (χ0v) is 55.2. The number of allylic oxidation sites excluding steroid dienone is 15. The zero-order chi connectivity index (χ0) is 63.8. The summed E-state index contributed by atoms with van der Waals surface area (Å²) >= 11 is 0. The van der Waals surface area contributed by atoms with Gasteiger partial charge >= 0.3 is 0 Å². The van der Waals surface area contributed by atoms with E-state index in [-0.39, 0.29) is 18.9 Å². The highest BCUT2D eigenvalue weighted by Crippen LogP contribution is 2.30. The molecule has 508 valence electrons. The van der Waals surface area contributed by atoms with Crippen LogP contribution in [0.1, 0.15) is 271 Å². The third-order valence-corrected chi connectivity index (χ3v) is 16.7. The second-order valence-corrected chi connectivity index (χ2v) is 24.6. The lowest BCUT2D eigenvalue weighted by Gasteiger charge is -2.46. The summed E-state index contributed by atoms with van der Waals surface area (Å²) in [5, 5.41) is 87.2. The summed E-state index contributed by atoms with van der Waals surface area (Å²) in [4.78, 5) is 13.3. The van der Waals surface area contributed by atoms with Gasteiger partial charge in [0.25, 0.3) is 0 Å². The van der Waals surface area contributed by atoms with E-state index in [1.54, 1.807) is 6.08 Å². The van der Waals surface area contributed by atoms with Crippen LogP contribution in [-0.4, -0.2) is 140 Å². The SMILES string of the molecule is CC/C=C\C/C=C\C/C=C\C/C=C\C/C=C\CCCCCCCCCCCCCCCCCCCCCCCCCC(=O)NC(COC1OC(CO)C(OC2OC(CO)C(O)C(O)C2O)C(O)C1O)C(O)/C=C/CC/C=C/CC/C=C/CCCCCCC. The van der Waals surface area contributed by atoms with Gasteiger partial charge in [0.15, 0.2) is 12.6 Å². The van der Waals surface area contributed by atoms with Crippen LogP contribution >= 0.6 is 0 Å². The Morgan fingerprint density at radius 1 is 0.420 bits per heavy atom. The molecule has 9 N–H and O–H groups in total. The number of aliphatic hydroxyl groups excluding tert-OH is 8. The molecule has 88 heavy (non-hydrogen) atoms. The van der Waals surface area contributed by atoms with E-state index in [1.165, 1.54) is 161 Å². The molecule has 2 saturated heterocycles. The van der Waals surface area contributed by atoms with E-state index in [9.17, 15) is 45.6 Å². The molecule has 14 nitrogen and oxygen atoms in total. The monoisotopic (exact) mass is 1240 g/mol. The Morgan fingerprint density at radius 2 is 0.795 bits per heavy atom. The van der Waals surface area contributed by atoms with Gasteiger partial charge in [-0.3, -0.25) is 4.79 Å². The number of ether oxygens (including phenoxy) is 4. The topological polar surface area (TPSA) is 228 Å². The van der Waals surface area contributed by atoms with Crippen LogP contribution in [-0.2, 0) is 23.7 Å². The lowest BCUT2D eigenvalue weighted by Crippen LogP contribution is -2.65. The molecule has 0 aromatic heterocycles. The molecular formula is C74H129NO13. The molecule has 0 radical (unpaired) electrons. The van der Waals surface area contributed by atoms with E-state index in [0.717, 1.165) is 77.0 Å². The van der Waals surface area contributed by atoms with Crippen molar-refractivity contribution in [3.8, 4) is 0 Å². The van der Waals surface area contributed by atoms with E-state index in [2.05, 4.69) is 104 Å². The number of amides is 1. The van der Waals surface area contributed by atoms with E-state index in [1.807, 2.05) is 6.08 Å². The van der Waals surface area contributed by atoms with Crippen molar-refractivity contribution < 1.29 is 64.6 Å². The fourth-order valence-corrected chi connectivity index (χ4v) is 11.1. The van der Waals surface area contributed by atoms with Crippen molar-refractivity contribution in [2.24, 2.45) is 0 Å². The van der Waals surface area contributed by atoms with Crippen molar-refractivity contribution in [1.29, 1.82) is 0 Å². The van der Waals surface area contributed by atoms with Crippen LogP contribution in [0.15, 0.2) is 97.2 Å². The number of rotatable bonds is 57. The number of nitrogens with one attached hydrogen (secondary N) is 1. The summed E-state index contributed by atoms with van der Waals surface area (Å²) in [5.74, 6) is -0.252. The predicted molar refractivity (Wildman–Crippen MR) is 359 cm³/mol. The van der Waals surface area contributed by atoms with Gasteiger partial charge in [-0.1, -0.05) is 272 Å². The largest absolute Gasteiger partial charge is 0.394 e. The van der Waals surface area contributed by atoms with Gasteiger partial charge in [-0.25, -0.2) is 0 Å². The first kappa shape index (κ1) is 81.0. The second-order valence-electron chi connectivity index (χ2n) is 24.6. The maximum atomic E-state index is 13.3. The molecule has 12 unspecified atom stereocenters. The number of carbonyl (C=O) groups excluding carboxylic acids is 1. The highest BCUT2D eigenvalue weighted by atomic mass is 16.7. The number of hydrogen-bond donors (Lipinski definition) is 9. The van der Waals surface area contributed by atoms with E-state index in [4.69, 9.17) is 18.9 Å². The molecule has 0 spiro atoms. The summed E-state index contributed by atoms with van der Waals surface area (Å²) in [6, 6.07) is -0.940. The summed E-state index contributed by atoms with van der Waals surface area (Å²) in [6.45, 7) is 2.65. The molecule has 0 aromatic rings. The van der Waals surface area contributed by atoms with Gasteiger partial charge in [-0.05, 0) is 89.9 Å². The third kappa shape index (κ3) is 41.4. The first-order valence-electron chi connectivity index (χ1n) is 35.5. The molecule has 2 aliphatic heterocycles. The van der Waals surface area contributed by atoms with Gasteiger partial charge < -0.3 is 65.1 Å². The van der Waals surface area contributed by atoms with Crippen molar-refractivity contribution in [3.05, 3.63) is 97.2 Å². The summed E-state index contributed by atoms with van der Waals surface area (Å²) in [5.41, 5.74) is 0. The molecular weight excluding hydrogens is 1110 g/mol. The summed E-state index contributed by atoms with van der Waals surface area (Å²) in [7, 11) is 0. The average Bonchev–Trinajstić information content (AvgIpc) is 2.99. The Morgan fingerprint density at radius 3 is 1.25 bits per heavy atom. The van der Waals surface area contributed by atoms with Crippen molar-refractivity contribution in [2.45, 2.75) is 344 Å². The number of aliphatic hydroxyl groups is 8. The van der Waals surface area contributed by atoms with Crippen LogP contribution in [0.2, 0.25) is 0 Å². The van der Waals surface area contributed by atoms with Gasteiger partial charge in [0.1, 0.15) is 48.8 Å². The molecule has 12 atom stereocenters. The maximum absolute atomic E-state index is 13.3. The number of hydrogen-bond acceptors (Lipinski definition) is 13. The quantitative estimate of drug-likeness (QED) is 0.0204. The maximum Gasteiger partial charge on any atom is 0.220 e. The Balaban J connectivity index is 1.58. The molecule has 2 aliphatic rings. The van der Waals surface area contributed by atoms with Gasteiger partial charge in [0.05, 0.1) is 32.0 Å². The van der Waals surface area contributed by atoms with Crippen molar-refractivity contribution >= 4 is 5.91 Å². The normalized spacial score (nSPS) is 23.8. The van der Waals surface area contributed by atoms with E-state index >= 15 is 0 Å². The lowest BCUT2D eigenvalue weighted by molar-refractivity contribution is -0.359. The Labute approximate surface area is 534 Å². The fourth-order valence-electron chi connectivity index (χ4n) is 11.1. The Bertz CT molecular complexity index is 1850. The van der Waals surface area contributed by atoms with Crippen LogP contribution in [0.5, 0.6) is 0 Å². The minimum absolute atomic E-state index is 0.252. The molecule has 2 rings (SSSR count). The smallest absolute Gasteiger partial charge is 0.220 e. The minimum Gasteiger partial charge on any atom is -0.394 e. The molecule has 0 saturated carbocycles. The lowest BCUT2D eigenvalue weighted by atomic mass is 9.97. The molecule has 2 fully saturated rings. The highest BCUT2D eigenvalue weighted by Gasteiger charge is 2.51. The van der Waals surface area contributed by atoms with Gasteiger partial charge in [-0.15, -0.1) is 0 Å². The molecule has 1 amide bonds. The average molecular weight is 1240 g/mol. The third-order valence-electron chi connectivity index (χ3n) is 16.7. The van der Waals surface area contributed by atoms with Crippen LogP contribution in [0.3, 0.4) is 0 Å². The number of unbranched alkanes of at least 4 members (excludes halogenated alkanes) is 30. The standard InChI is InChI=1S/C74H129NO13/c1-3-5-7-9-11-13-15-17-19-20-21-22-23-24-25-26-27-28-29-30-31-32-33-34-35-36-37-38-39-40-41-42-44-46-48-50-52-54-56-58-66(79)75-62(63(78)57-55-53-51-49-47-45-43-18-16-14-12-10-8-6-4-2)61-85-73-71(84)69(82)72(65(60-77)87-73)88-74-70(83)68(81)67(80)64(59-76)86-74/h5,7,11,13,16-19,21-22,24-25,47,49,55,57,62-65,67-74,76-78,80-84H,3-4,6,8-10,12,14-15,20,23,26-46,48,50-54,56,58-61H2,1-2H3,(H,75,79)/b7-5-,13-11-,18-16+,19-17-,22-21-,25-24-,49-47+,57-55+. The Hall–Kier alpha value is -3.09. The van der Waals surface area contributed by atoms with Crippen LogP contribution in [0, 0.1) is 0 Å². The van der Waals surface area contributed by atoms with E-state index < -0.39 is 86.8 Å². The van der Waals surface area contributed by atoms with Gasteiger partial charge in [0.2, 0.25) is 5.91 Å². The number of carbonyl (C=O) groups is 1. The predicted octanol–water partition coefficient (Wildman–Crippen LogP) is 14.6. The summed E-state index contributed by atoms with van der Waals surface area (Å²) < 4.78 is 22.8. The van der Waals surface area contributed by atoms with Crippen LogP contribution in [0.4, 0.5) is 0 Å². The van der Waals surface area contributed by atoms with Crippen molar-refractivity contribution in [1.82, 2.24) is 5.32 Å². The van der Waals surface area contributed by atoms with Crippen LogP contribution < -0.4 is 5.32 Å². The first-order valence-corrected chi connectivity index (χ1v) is 35.5. The Kier molecular flexibility index (Phi) is 53.2. The molecule has 0 aliphatic carbocycles. The second kappa shape index (κ2) is 57.8. The van der Waals surface area contributed by atoms with E-state index in [0.29, 0.717) is 12.8 Å². The van der Waals surface area contributed by atoms with Gasteiger partial charge in [-0.2, -0.15) is 0 Å². The van der Waals surface area contributed by atoms with Crippen molar-refractivity contribution in [2.75, 3.05) is 19.8 Å². The molecule has 0 aromatic carbocycles. The summed E-state index contributed by atoms with van der Waals surface area (Å²) in [6.07, 6.45) is 64.9. The molecule has 2 heterocycles. The minimum atomic E-state index is -1.79. The first-order chi connectivity index (χ1) is 43.1. The fraction of sp³-hybridized carbons (Fsp3) is 0.770. The zero-order valence-electron chi connectivity index (χ0n) is 55.2.